The lowest BCUT2D eigenvalue weighted by molar-refractivity contribution is 0.552. The molecule has 1 N–H and O–H groups in total. The molecule has 1 aromatic heterocycles. The molecular formula is C10H16ClNO2S2. The molecule has 3 nitrogen and oxygen atoms in total. The molecule has 1 heterocycles. The van der Waals surface area contributed by atoms with Crippen LogP contribution < -0.4 is 4.72 Å². The van der Waals surface area contributed by atoms with Gasteiger partial charge in [0.15, 0.2) is 0 Å². The minimum Gasteiger partial charge on any atom is -0.212 e. The molecule has 1 aromatic rings. The van der Waals surface area contributed by atoms with Crippen molar-refractivity contribution in [1.29, 1.82) is 0 Å². The summed E-state index contributed by atoms with van der Waals surface area (Å²) in [5, 5.41) is 1.95. The monoisotopic (exact) mass is 281 g/mol. The third kappa shape index (κ3) is 4.41. The third-order valence-electron chi connectivity index (χ3n) is 2.16. The Balaban J connectivity index is 2.63. The molecule has 0 saturated heterocycles. The van der Waals surface area contributed by atoms with Crippen molar-refractivity contribution < 1.29 is 8.42 Å². The zero-order chi connectivity index (χ0) is 12.0. The maximum Gasteiger partial charge on any atom is 0.212 e. The van der Waals surface area contributed by atoms with Crippen LogP contribution in [0.4, 0.5) is 0 Å². The van der Waals surface area contributed by atoms with E-state index in [0.29, 0.717) is 12.3 Å². The van der Waals surface area contributed by atoms with Crippen LogP contribution in [0, 0.1) is 0 Å². The molecule has 0 aliphatic carbocycles. The van der Waals surface area contributed by atoms with E-state index in [4.69, 9.17) is 11.6 Å². The highest BCUT2D eigenvalue weighted by Gasteiger charge is 2.18. The van der Waals surface area contributed by atoms with Gasteiger partial charge < -0.3 is 0 Å². The summed E-state index contributed by atoms with van der Waals surface area (Å²) < 4.78 is 26.1. The van der Waals surface area contributed by atoms with Gasteiger partial charge in [-0.25, -0.2) is 13.1 Å². The molecule has 0 amide bonds. The number of hydrogen-bond donors (Lipinski definition) is 1. The minimum atomic E-state index is -3.21. The standard InChI is InChI=1S/C10H16ClNO2S2/c1-2-9(10-5-3-7-15-10)12-16(13,14)8-4-6-11/h3,5,7,9,12H,2,4,6,8H2,1H3. The van der Waals surface area contributed by atoms with Crippen molar-refractivity contribution >= 4 is 33.0 Å². The number of thiophene rings is 1. The molecule has 0 spiro atoms. The molecule has 0 aliphatic rings. The Morgan fingerprint density at radius 1 is 1.56 bits per heavy atom. The van der Waals surface area contributed by atoms with Gasteiger partial charge in [0.05, 0.1) is 11.8 Å². The van der Waals surface area contributed by atoms with Gasteiger partial charge in [0.1, 0.15) is 0 Å². The summed E-state index contributed by atoms with van der Waals surface area (Å²) in [6.07, 6.45) is 1.23. The van der Waals surface area contributed by atoms with Crippen LogP contribution in [0.2, 0.25) is 0 Å². The first-order valence-electron chi connectivity index (χ1n) is 5.18. The molecule has 0 bridgehead atoms. The van der Waals surface area contributed by atoms with Crippen LogP contribution >= 0.6 is 22.9 Å². The van der Waals surface area contributed by atoms with Crippen LogP contribution in [-0.4, -0.2) is 20.1 Å². The average molecular weight is 282 g/mol. The first-order valence-corrected chi connectivity index (χ1v) is 8.25. The Hall–Kier alpha value is -0.100. The van der Waals surface area contributed by atoms with Crippen LogP contribution in [0.1, 0.15) is 30.7 Å². The average Bonchev–Trinajstić information content (AvgIpc) is 2.76. The summed E-state index contributed by atoms with van der Waals surface area (Å²) in [6, 6.07) is 3.76. The number of halogens is 1. The van der Waals surface area contributed by atoms with Crippen molar-refractivity contribution in [1.82, 2.24) is 4.72 Å². The minimum absolute atomic E-state index is 0.0956. The maximum atomic E-state index is 11.7. The predicted octanol–water partition coefficient (Wildman–Crippen LogP) is 2.75. The summed E-state index contributed by atoms with van der Waals surface area (Å²) in [5.74, 6) is 0.467. The van der Waals surface area contributed by atoms with Crippen molar-refractivity contribution in [2.75, 3.05) is 11.6 Å². The van der Waals surface area contributed by atoms with Crippen LogP contribution in [0.3, 0.4) is 0 Å². The lowest BCUT2D eigenvalue weighted by Crippen LogP contribution is -2.30. The molecule has 16 heavy (non-hydrogen) atoms. The number of rotatable bonds is 7. The second-order valence-corrected chi connectivity index (χ2v) is 6.69. The highest BCUT2D eigenvalue weighted by molar-refractivity contribution is 7.89. The normalized spacial score (nSPS) is 13.9. The van der Waals surface area contributed by atoms with Crippen LogP contribution in [0.5, 0.6) is 0 Å². The smallest absolute Gasteiger partial charge is 0.212 e. The third-order valence-corrected chi connectivity index (χ3v) is 4.89. The molecule has 0 radical (unpaired) electrons. The molecule has 6 heteroatoms. The zero-order valence-electron chi connectivity index (χ0n) is 9.15. The van der Waals surface area contributed by atoms with E-state index < -0.39 is 10.0 Å². The van der Waals surface area contributed by atoms with Gasteiger partial charge in [0.25, 0.3) is 0 Å². The van der Waals surface area contributed by atoms with Crippen molar-refractivity contribution in [3.63, 3.8) is 0 Å². The van der Waals surface area contributed by atoms with Crippen molar-refractivity contribution in [2.24, 2.45) is 0 Å². The first kappa shape index (κ1) is 14.0. The Morgan fingerprint density at radius 2 is 2.31 bits per heavy atom. The molecule has 0 fully saturated rings. The van der Waals surface area contributed by atoms with E-state index in [1.54, 1.807) is 11.3 Å². The van der Waals surface area contributed by atoms with Gasteiger partial charge in [0.2, 0.25) is 10.0 Å². The molecule has 1 atom stereocenters. The van der Waals surface area contributed by atoms with Gasteiger partial charge in [-0.15, -0.1) is 22.9 Å². The molecular weight excluding hydrogens is 266 g/mol. The van der Waals surface area contributed by atoms with Crippen molar-refractivity contribution in [3.05, 3.63) is 22.4 Å². The number of nitrogens with one attached hydrogen (secondary N) is 1. The summed E-state index contributed by atoms with van der Waals surface area (Å²) >= 11 is 7.05. The molecule has 0 saturated carbocycles. The number of sulfonamides is 1. The predicted molar refractivity (Wildman–Crippen MR) is 69.6 cm³/mol. The van der Waals surface area contributed by atoms with Gasteiger partial charge in [-0.2, -0.15) is 0 Å². The van der Waals surface area contributed by atoms with Gasteiger partial charge in [-0.3, -0.25) is 0 Å². The molecule has 0 aliphatic heterocycles. The van der Waals surface area contributed by atoms with Crippen molar-refractivity contribution in [3.8, 4) is 0 Å². The zero-order valence-corrected chi connectivity index (χ0v) is 11.5. The van der Waals surface area contributed by atoms with E-state index in [1.165, 1.54) is 0 Å². The van der Waals surface area contributed by atoms with E-state index in [9.17, 15) is 8.42 Å². The van der Waals surface area contributed by atoms with E-state index in [0.717, 1.165) is 11.3 Å². The van der Waals surface area contributed by atoms with Gasteiger partial charge in [0, 0.05) is 10.8 Å². The van der Waals surface area contributed by atoms with E-state index >= 15 is 0 Å². The van der Waals surface area contributed by atoms with Crippen LogP contribution in [0.15, 0.2) is 17.5 Å². The quantitative estimate of drug-likeness (QED) is 0.781. The SMILES string of the molecule is CCC(NS(=O)(=O)CCCCl)c1cccs1. The molecule has 1 rings (SSSR count). The molecule has 1 unspecified atom stereocenters. The largest absolute Gasteiger partial charge is 0.212 e. The summed E-state index contributed by atoms with van der Waals surface area (Å²) in [6.45, 7) is 1.97. The fraction of sp³-hybridized carbons (Fsp3) is 0.600. The Bertz CT molecular complexity index is 389. The summed E-state index contributed by atoms with van der Waals surface area (Å²) in [7, 11) is -3.21. The van der Waals surface area contributed by atoms with E-state index in [2.05, 4.69) is 4.72 Å². The second kappa shape index (κ2) is 6.59. The number of hydrogen-bond acceptors (Lipinski definition) is 3. The van der Waals surface area contributed by atoms with Crippen LogP contribution in [0.25, 0.3) is 0 Å². The molecule has 92 valence electrons. The highest BCUT2D eigenvalue weighted by atomic mass is 35.5. The van der Waals surface area contributed by atoms with Crippen LogP contribution in [-0.2, 0) is 10.0 Å². The second-order valence-electron chi connectivity index (χ2n) is 3.46. The van der Waals surface area contributed by atoms with Crippen molar-refractivity contribution in [2.45, 2.75) is 25.8 Å². The Labute approximate surface area is 106 Å². The highest BCUT2D eigenvalue weighted by Crippen LogP contribution is 2.22. The summed E-state index contributed by atoms with van der Waals surface area (Å²) in [5.41, 5.74) is 0. The Morgan fingerprint density at radius 3 is 2.81 bits per heavy atom. The van der Waals surface area contributed by atoms with Gasteiger partial charge in [-0.05, 0) is 24.3 Å². The lowest BCUT2D eigenvalue weighted by atomic mass is 10.2. The maximum absolute atomic E-state index is 11.7. The van der Waals surface area contributed by atoms with Gasteiger partial charge >= 0.3 is 0 Å². The Kier molecular flexibility index (Phi) is 5.75. The molecule has 0 aromatic carbocycles. The number of alkyl halides is 1. The fourth-order valence-corrected chi connectivity index (χ4v) is 3.95. The topological polar surface area (TPSA) is 46.2 Å². The lowest BCUT2D eigenvalue weighted by Gasteiger charge is -2.15. The summed E-state index contributed by atoms with van der Waals surface area (Å²) in [4.78, 5) is 1.05. The van der Waals surface area contributed by atoms with Gasteiger partial charge in [-0.1, -0.05) is 13.0 Å². The first-order chi connectivity index (χ1) is 7.59. The van der Waals surface area contributed by atoms with E-state index in [1.807, 2.05) is 24.4 Å². The fourth-order valence-electron chi connectivity index (χ4n) is 1.35. The van der Waals surface area contributed by atoms with E-state index in [-0.39, 0.29) is 11.8 Å².